The first-order chi connectivity index (χ1) is 10.5. The molecule has 1 unspecified atom stereocenters. The highest BCUT2D eigenvalue weighted by molar-refractivity contribution is 7.91. The van der Waals surface area contributed by atoms with Gasteiger partial charge in [-0.2, -0.15) is 0 Å². The molecule has 22 heavy (non-hydrogen) atoms. The maximum atomic E-state index is 11.4. The molecule has 0 spiro atoms. The summed E-state index contributed by atoms with van der Waals surface area (Å²) in [4.78, 5) is 8.59. The van der Waals surface area contributed by atoms with Crippen molar-refractivity contribution in [3.63, 3.8) is 0 Å². The van der Waals surface area contributed by atoms with E-state index in [4.69, 9.17) is 0 Å². The number of unbranched alkanes of at least 4 members (excludes halogenated alkanes) is 1. The van der Waals surface area contributed by atoms with Crippen molar-refractivity contribution in [2.75, 3.05) is 25.1 Å². The fourth-order valence-corrected chi connectivity index (χ4v) is 4.91. The molecule has 0 aromatic carbocycles. The third-order valence-electron chi connectivity index (χ3n) is 3.57. The number of nitrogens with zero attached hydrogens (tertiary/aromatic N) is 2. The number of thiazole rings is 1. The Morgan fingerprint density at radius 2 is 2.32 bits per heavy atom. The van der Waals surface area contributed by atoms with Crippen LogP contribution in [0.3, 0.4) is 0 Å². The van der Waals surface area contributed by atoms with Gasteiger partial charge in [0.1, 0.15) is 0 Å². The number of hydrogen-bond acceptors (Lipinski definition) is 5. The topological polar surface area (TPSA) is 83.4 Å². The molecule has 0 radical (unpaired) electrons. The number of aromatic nitrogens is 1. The predicted octanol–water partition coefficient (Wildman–Crippen LogP) is 1.13. The first-order valence-corrected chi connectivity index (χ1v) is 10.3. The molecule has 1 saturated heterocycles. The lowest BCUT2D eigenvalue weighted by Gasteiger charge is -2.15. The number of aryl methyl sites for hydroxylation is 2. The predicted molar refractivity (Wildman–Crippen MR) is 91.3 cm³/mol. The third kappa shape index (κ3) is 5.57. The van der Waals surface area contributed by atoms with Crippen molar-refractivity contribution in [3.05, 3.63) is 16.1 Å². The maximum absolute atomic E-state index is 11.4. The fourth-order valence-electron chi connectivity index (χ4n) is 2.42. The minimum atomic E-state index is -2.86. The van der Waals surface area contributed by atoms with Gasteiger partial charge in [0.25, 0.3) is 0 Å². The van der Waals surface area contributed by atoms with Gasteiger partial charge in [0.2, 0.25) is 0 Å². The van der Waals surface area contributed by atoms with Crippen LogP contribution in [0.2, 0.25) is 0 Å². The maximum Gasteiger partial charge on any atom is 0.191 e. The molecule has 1 atom stereocenters. The van der Waals surface area contributed by atoms with Gasteiger partial charge in [0.05, 0.1) is 16.5 Å². The van der Waals surface area contributed by atoms with Crippen molar-refractivity contribution in [2.24, 2.45) is 4.99 Å². The van der Waals surface area contributed by atoms with Crippen LogP contribution in [-0.2, 0) is 16.3 Å². The van der Waals surface area contributed by atoms with E-state index in [1.807, 2.05) is 6.92 Å². The van der Waals surface area contributed by atoms with E-state index in [0.29, 0.717) is 12.4 Å². The summed E-state index contributed by atoms with van der Waals surface area (Å²) >= 11 is 1.72. The molecule has 0 saturated carbocycles. The van der Waals surface area contributed by atoms with E-state index in [1.54, 1.807) is 18.4 Å². The fraction of sp³-hybridized carbons (Fsp3) is 0.714. The molecule has 1 aliphatic heterocycles. The lowest BCUT2D eigenvalue weighted by Crippen LogP contribution is -2.44. The molecule has 2 rings (SSSR count). The van der Waals surface area contributed by atoms with Gasteiger partial charge in [0, 0.05) is 30.7 Å². The summed E-state index contributed by atoms with van der Waals surface area (Å²) in [6.07, 6.45) is 3.77. The zero-order valence-electron chi connectivity index (χ0n) is 13.1. The average Bonchev–Trinajstić information content (AvgIpc) is 3.02. The van der Waals surface area contributed by atoms with Gasteiger partial charge in [0.15, 0.2) is 15.8 Å². The van der Waals surface area contributed by atoms with Gasteiger partial charge in [-0.15, -0.1) is 11.3 Å². The summed E-state index contributed by atoms with van der Waals surface area (Å²) in [5.74, 6) is 1.17. The number of guanidine groups is 1. The summed E-state index contributed by atoms with van der Waals surface area (Å²) in [5.41, 5.74) is 1.09. The van der Waals surface area contributed by atoms with Crippen molar-refractivity contribution in [1.82, 2.24) is 15.6 Å². The molecule has 1 aromatic heterocycles. The van der Waals surface area contributed by atoms with Gasteiger partial charge < -0.3 is 10.6 Å². The number of sulfone groups is 1. The van der Waals surface area contributed by atoms with E-state index in [0.717, 1.165) is 31.5 Å². The zero-order chi connectivity index (χ0) is 16.0. The quantitative estimate of drug-likeness (QED) is 0.459. The van der Waals surface area contributed by atoms with Crippen LogP contribution in [0.15, 0.2) is 10.4 Å². The monoisotopic (exact) mass is 344 g/mol. The molecule has 2 N–H and O–H groups in total. The Hall–Kier alpha value is -1.15. The molecule has 1 aromatic rings. The highest BCUT2D eigenvalue weighted by Gasteiger charge is 2.28. The normalized spacial score (nSPS) is 21.0. The van der Waals surface area contributed by atoms with Crippen LogP contribution in [0.25, 0.3) is 0 Å². The molecular weight excluding hydrogens is 320 g/mol. The second-order valence-corrected chi connectivity index (χ2v) is 8.75. The van der Waals surface area contributed by atoms with Gasteiger partial charge >= 0.3 is 0 Å². The molecule has 2 heterocycles. The van der Waals surface area contributed by atoms with Crippen LogP contribution >= 0.6 is 11.3 Å². The van der Waals surface area contributed by atoms with Crippen LogP contribution in [0.4, 0.5) is 0 Å². The van der Waals surface area contributed by atoms with Gasteiger partial charge in [-0.1, -0.05) is 0 Å². The molecule has 0 bridgehead atoms. The Labute approximate surface area is 136 Å². The highest BCUT2D eigenvalue weighted by Crippen LogP contribution is 2.12. The standard InChI is InChI=1S/C14H24N4O2S2/c1-11-9-21-13(17-11)5-3-4-7-16-14(15-2)18-12-6-8-22(19,20)10-12/h9,12H,3-8,10H2,1-2H3,(H2,15,16,18). The Bertz CT molecular complexity index is 610. The van der Waals surface area contributed by atoms with Gasteiger partial charge in [-0.25, -0.2) is 13.4 Å². The van der Waals surface area contributed by atoms with Gasteiger partial charge in [-0.05, 0) is 32.6 Å². The second-order valence-electron chi connectivity index (χ2n) is 5.58. The molecule has 6 nitrogen and oxygen atoms in total. The van der Waals surface area contributed by atoms with E-state index in [2.05, 4.69) is 26.0 Å². The van der Waals surface area contributed by atoms with Gasteiger partial charge in [-0.3, -0.25) is 4.99 Å². The first-order valence-electron chi connectivity index (χ1n) is 7.57. The Kier molecular flexibility index (Phi) is 6.19. The van der Waals surface area contributed by atoms with E-state index in [-0.39, 0.29) is 17.5 Å². The largest absolute Gasteiger partial charge is 0.356 e. The lowest BCUT2D eigenvalue weighted by molar-refractivity contribution is 0.599. The number of nitrogens with one attached hydrogen (secondary N) is 2. The van der Waals surface area contributed by atoms with Crippen LogP contribution in [0, 0.1) is 6.92 Å². The number of aliphatic imine (C=N–C) groups is 1. The van der Waals surface area contributed by atoms with E-state index >= 15 is 0 Å². The third-order valence-corrected chi connectivity index (χ3v) is 6.37. The summed E-state index contributed by atoms with van der Waals surface area (Å²) < 4.78 is 22.9. The number of hydrogen-bond donors (Lipinski definition) is 2. The van der Waals surface area contributed by atoms with E-state index < -0.39 is 9.84 Å². The molecular formula is C14H24N4O2S2. The van der Waals surface area contributed by atoms with Crippen molar-refractivity contribution in [1.29, 1.82) is 0 Å². The minimum absolute atomic E-state index is 0.0190. The molecule has 124 valence electrons. The summed E-state index contributed by atoms with van der Waals surface area (Å²) in [6, 6.07) is -0.0190. The highest BCUT2D eigenvalue weighted by atomic mass is 32.2. The second kappa shape index (κ2) is 7.92. The molecule has 0 aliphatic carbocycles. The van der Waals surface area contributed by atoms with Crippen LogP contribution in [0.5, 0.6) is 0 Å². The Morgan fingerprint density at radius 1 is 1.50 bits per heavy atom. The van der Waals surface area contributed by atoms with Crippen LogP contribution in [-0.4, -0.2) is 50.5 Å². The first kappa shape index (κ1) is 17.2. The Morgan fingerprint density at radius 3 is 2.91 bits per heavy atom. The summed E-state index contributed by atoms with van der Waals surface area (Å²) in [7, 11) is -1.15. The Balaban J connectivity index is 1.62. The van der Waals surface area contributed by atoms with Crippen molar-refractivity contribution >= 4 is 27.1 Å². The molecule has 1 fully saturated rings. The van der Waals surface area contributed by atoms with Crippen LogP contribution in [0.1, 0.15) is 30.0 Å². The summed E-state index contributed by atoms with van der Waals surface area (Å²) in [5, 5.41) is 9.69. The minimum Gasteiger partial charge on any atom is -0.356 e. The molecule has 0 amide bonds. The van der Waals surface area contributed by atoms with Crippen molar-refractivity contribution < 1.29 is 8.42 Å². The van der Waals surface area contributed by atoms with E-state index in [9.17, 15) is 8.42 Å². The lowest BCUT2D eigenvalue weighted by atomic mass is 10.2. The SMILES string of the molecule is CN=C(NCCCCc1nc(C)cs1)NC1CCS(=O)(=O)C1. The summed E-state index contributed by atoms with van der Waals surface area (Å²) in [6.45, 7) is 2.84. The average molecular weight is 345 g/mol. The molecule has 1 aliphatic rings. The van der Waals surface area contributed by atoms with Crippen LogP contribution < -0.4 is 10.6 Å². The molecule has 8 heteroatoms. The number of rotatable bonds is 6. The van der Waals surface area contributed by atoms with Crippen molar-refractivity contribution in [2.45, 2.75) is 38.6 Å². The smallest absolute Gasteiger partial charge is 0.191 e. The van der Waals surface area contributed by atoms with Crippen molar-refractivity contribution in [3.8, 4) is 0 Å². The van der Waals surface area contributed by atoms with E-state index in [1.165, 1.54) is 5.01 Å². The zero-order valence-corrected chi connectivity index (χ0v) is 14.8.